The van der Waals surface area contributed by atoms with Crippen molar-refractivity contribution in [2.24, 2.45) is 0 Å². The normalized spacial score (nSPS) is 9.08. The number of esters is 1. The summed E-state index contributed by atoms with van der Waals surface area (Å²) in [4.78, 5) is 10.1. The number of aliphatic hydroxyl groups is 2. The molecule has 0 atom stereocenters. The van der Waals surface area contributed by atoms with Crippen LogP contribution >= 0.6 is 0 Å². The Morgan fingerprint density at radius 1 is 1.46 bits per heavy atom. The van der Waals surface area contributed by atoms with Crippen LogP contribution in [-0.4, -0.2) is 36.4 Å². The van der Waals surface area contributed by atoms with Gasteiger partial charge in [-0.15, -0.1) is 0 Å². The van der Waals surface area contributed by atoms with Gasteiger partial charge in [-0.2, -0.15) is 0 Å². The van der Waals surface area contributed by atoms with E-state index in [2.05, 4.69) is 16.4 Å². The molecule has 2 N–H and O–H groups in total. The Hall–Kier alpha value is -0.650. The summed E-state index contributed by atoms with van der Waals surface area (Å²) in [6.45, 7) is 2.44. The largest absolute Gasteiger partial charge is 0.466 e. The van der Waals surface area contributed by atoms with Gasteiger partial charge < -0.3 is 19.7 Å². The lowest BCUT2D eigenvalue weighted by atomic mass is 10.4. The molecule has 0 aromatic heterocycles. The predicted molar refractivity (Wildman–Crippen MR) is 46.8 cm³/mol. The molecule has 0 heterocycles. The number of ether oxygens (including phenoxy) is 2. The molecule has 80 valence electrons. The van der Waals surface area contributed by atoms with Gasteiger partial charge in [0.05, 0.1) is 6.61 Å². The van der Waals surface area contributed by atoms with Crippen molar-refractivity contribution in [2.45, 2.75) is 33.2 Å². The molecule has 0 rings (SSSR count). The van der Waals surface area contributed by atoms with Crippen LogP contribution in [0.25, 0.3) is 0 Å². The maximum Gasteiger partial charge on any atom is 0.302 e. The molecule has 5 nitrogen and oxygen atoms in total. The molecule has 0 aromatic carbocycles. The first kappa shape index (κ1) is 14.9. The van der Waals surface area contributed by atoms with Crippen LogP contribution in [0.4, 0.5) is 0 Å². The molecular weight excluding hydrogens is 176 g/mol. The van der Waals surface area contributed by atoms with E-state index in [4.69, 9.17) is 10.2 Å². The smallest absolute Gasteiger partial charge is 0.302 e. The van der Waals surface area contributed by atoms with Crippen LogP contribution in [-0.2, 0) is 14.3 Å². The van der Waals surface area contributed by atoms with E-state index in [1.54, 1.807) is 0 Å². The van der Waals surface area contributed by atoms with Crippen molar-refractivity contribution in [3.8, 4) is 0 Å². The molecule has 0 unspecified atom stereocenters. The Bertz CT molecular complexity index is 113. The minimum Gasteiger partial charge on any atom is -0.466 e. The Balaban J connectivity index is 0. The summed E-state index contributed by atoms with van der Waals surface area (Å²) >= 11 is 0. The summed E-state index contributed by atoms with van der Waals surface area (Å²) < 4.78 is 8.50. The van der Waals surface area contributed by atoms with E-state index in [9.17, 15) is 4.79 Å². The summed E-state index contributed by atoms with van der Waals surface area (Å²) in [5.74, 6) is -0.182. The van der Waals surface area contributed by atoms with Crippen LogP contribution in [0.3, 0.4) is 0 Å². The molecule has 0 aromatic rings. The first-order valence-corrected chi connectivity index (χ1v) is 4.06. The first-order valence-electron chi connectivity index (χ1n) is 4.06. The maximum absolute atomic E-state index is 10.1. The molecular formula is C8H18O5. The van der Waals surface area contributed by atoms with Gasteiger partial charge in [0, 0.05) is 14.0 Å². The minimum absolute atomic E-state index is 0.182. The lowest BCUT2D eigenvalue weighted by Crippen LogP contribution is -2.04. The average Bonchev–Trinajstić information content (AvgIpc) is 2.05. The molecule has 0 amide bonds. The summed E-state index contributed by atoms with van der Waals surface area (Å²) in [5, 5.41) is 15.4. The van der Waals surface area contributed by atoms with E-state index >= 15 is 0 Å². The molecule has 0 aliphatic heterocycles. The summed E-state index contributed by atoms with van der Waals surface area (Å²) in [6.07, 6.45) is 2.05. The number of carbonyl (C=O) groups excluding carboxylic acids is 1. The SMILES string of the molecule is CCCCOC(C)=O.COC(O)O. The number of hydrogen-bond acceptors (Lipinski definition) is 5. The number of hydrogen-bond donors (Lipinski definition) is 2. The highest BCUT2D eigenvalue weighted by atomic mass is 16.7. The van der Waals surface area contributed by atoms with Crippen molar-refractivity contribution >= 4 is 5.97 Å². The first-order chi connectivity index (χ1) is 6.04. The third-order valence-corrected chi connectivity index (χ3v) is 1.01. The number of rotatable bonds is 4. The fourth-order valence-corrected chi connectivity index (χ4v) is 0.360. The topological polar surface area (TPSA) is 76.0 Å². The Kier molecular flexibility index (Phi) is 13.0. The molecule has 5 heteroatoms. The Labute approximate surface area is 78.3 Å². The zero-order valence-corrected chi connectivity index (χ0v) is 8.32. The van der Waals surface area contributed by atoms with Gasteiger partial charge in [0.1, 0.15) is 0 Å². The van der Waals surface area contributed by atoms with E-state index in [1.807, 2.05) is 0 Å². The molecule has 0 saturated heterocycles. The van der Waals surface area contributed by atoms with Crippen LogP contribution in [0, 0.1) is 0 Å². The second kappa shape index (κ2) is 11.4. The van der Waals surface area contributed by atoms with Crippen molar-refractivity contribution < 1.29 is 24.5 Å². The van der Waals surface area contributed by atoms with Gasteiger partial charge in [-0.25, -0.2) is 0 Å². The highest BCUT2D eigenvalue weighted by Crippen LogP contribution is 1.86. The molecule has 0 bridgehead atoms. The summed E-state index contributed by atoms with van der Waals surface area (Å²) in [6, 6.07) is 0. The standard InChI is InChI=1S/C6H12O2.C2H6O3/c1-3-4-5-8-6(2)7;1-5-2(3)4/h3-5H2,1-2H3;2-4H,1H3. The number of methoxy groups -OCH3 is 1. The third kappa shape index (κ3) is 24.6. The second-order valence-electron chi connectivity index (χ2n) is 2.26. The van der Waals surface area contributed by atoms with Gasteiger partial charge in [-0.3, -0.25) is 4.79 Å². The van der Waals surface area contributed by atoms with E-state index in [0.717, 1.165) is 12.8 Å². The maximum atomic E-state index is 10.1. The zero-order valence-electron chi connectivity index (χ0n) is 8.32. The van der Waals surface area contributed by atoms with E-state index < -0.39 is 6.48 Å². The number of aliphatic hydroxyl groups excluding tert-OH is 1. The number of unbranched alkanes of at least 4 members (excludes halogenated alkanes) is 1. The molecule has 0 spiro atoms. The zero-order chi connectivity index (χ0) is 10.7. The quantitative estimate of drug-likeness (QED) is 0.381. The fraction of sp³-hybridized carbons (Fsp3) is 0.875. The van der Waals surface area contributed by atoms with Crippen molar-refractivity contribution in [3.05, 3.63) is 0 Å². The van der Waals surface area contributed by atoms with E-state index in [-0.39, 0.29) is 5.97 Å². The van der Waals surface area contributed by atoms with Crippen molar-refractivity contribution in [1.82, 2.24) is 0 Å². The summed E-state index contributed by atoms with van der Waals surface area (Å²) in [7, 11) is 1.20. The van der Waals surface area contributed by atoms with Gasteiger partial charge in [-0.1, -0.05) is 13.3 Å². The highest BCUT2D eigenvalue weighted by Gasteiger charge is 1.88. The van der Waals surface area contributed by atoms with Gasteiger partial charge in [-0.05, 0) is 6.42 Å². The highest BCUT2D eigenvalue weighted by molar-refractivity contribution is 5.65. The second-order valence-corrected chi connectivity index (χ2v) is 2.26. The van der Waals surface area contributed by atoms with Crippen LogP contribution in [0.5, 0.6) is 0 Å². The van der Waals surface area contributed by atoms with Crippen LogP contribution in [0.15, 0.2) is 0 Å². The lowest BCUT2D eigenvalue weighted by molar-refractivity contribution is -0.218. The van der Waals surface area contributed by atoms with Crippen LogP contribution < -0.4 is 0 Å². The number of carbonyl (C=O) groups is 1. The molecule has 13 heavy (non-hydrogen) atoms. The predicted octanol–water partition coefficient (Wildman–Crippen LogP) is 0.251. The van der Waals surface area contributed by atoms with Gasteiger partial charge in [0.25, 0.3) is 6.48 Å². The van der Waals surface area contributed by atoms with E-state index in [1.165, 1.54) is 14.0 Å². The van der Waals surface area contributed by atoms with Crippen molar-refractivity contribution in [1.29, 1.82) is 0 Å². The van der Waals surface area contributed by atoms with E-state index in [0.29, 0.717) is 6.61 Å². The van der Waals surface area contributed by atoms with Crippen molar-refractivity contribution in [3.63, 3.8) is 0 Å². The minimum atomic E-state index is -1.62. The molecule has 0 aliphatic rings. The lowest BCUT2D eigenvalue weighted by Gasteiger charge is -1.96. The monoisotopic (exact) mass is 194 g/mol. The van der Waals surface area contributed by atoms with Gasteiger partial charge in [0.2, 0.25) is 0 Å². The fourth-order valence-electron chi connectivity index (χ4n) is 0.360. The van der Waals surface area contributed by atoms with Crippen LogP contribution in [0.2, 0.25) is 0 Å². The molecule has 0 fully saturated rings. The van der Waals surface area contributed by atoms with Crippen molar-refractivity contribution in [2.75, 3.05) is 13.7 Å². The molecule has 0 radical (unpaired) electrons. The van der Waals surface area contributed by atoms with Crippen LogP contribution in [0.1, 0.15) is 26.7 Å². The molecule has 0 saturated carbocycles. The Morgan fingerprint density at radius 3 is 2.15 bits per heavy atom. The third-order valence-electron chi connectivity index (χ3n) is 1.01. The van der Waals surface area contributed by atoms with Gasteiger partial charge in [0.15, 0.2) is 0 Å². The average molecular weight is 194 g/mol. The summed E-state index contributed by atoms with van der Waals surface area (Å²) in [5.41, 5.74) is 0. The Morgan fingerprint density at radius 2 is 1.92 bits per heavy atom. The molecule has 0 aliphatic carbocycles. The van der Waals surface area contributed by atoms with Gasteiger partial charge >= 0.3 is 5.97 Å².